The molecule has 2 heterocycles. The maximum Gasteiger partial charge on any atom is 0.227 e. The highest BCUT2D eigenvalue weighted by atomic mass is 32.1. The minimum Gasteiger partial charge on any atom is -0.370 e. The minimum absolute atomic E-state index is 0.00336. The molecule has 1 amide bonds. The number of morpholine rings is 1. The molecule has 1 aromatic carbocycles. The van der Waals surface area contributed by atoms with Crippen LogP contribution in [0.2, 0.25) is 0 Å². The van der Waals surface area contributed by atoms with Crippen LogP contribution in [-0.4, -0.2) is 30.5 Å². The van der Waals surface area contributed by atoms with E-state index in [1.165, 1.54) is 0 Å². The van der Waals surface area contributed by atoms with Crippen molar-refractivity contribution >= 4 is 17.2 Å². The Balaban J connectivity index is 1.64. The molecule has 0 saturated carbocycles. The summed E-state index contributed by atoms with van der Waals surface area (Å²) in [6.07, 6.45) is 0.488. The standard InChI is InChI=1S/C16H17NO2S/c18-16(10-13-6-9-20-12-13)17-7-8-19-15(11-17)14-4-2-1-3-5-14/h1-6,9,12,15H,7-8,10-11H2. The predicted octanol–water partition coefficient (Wildman–Crippen LogP) is 2.89. The number of amides is 1. The van der Waals surface area contributed by atoms with E-state index in [0.717, 1.165) is 11.1 Å². The van der Waals surface area contributed by atoms with Gasteiger partial charge in [0.05, 0.1) is 19.6 Å². The van der Waals surface area contributed by atoms with Gasteiger partial charge in [-0.25, -0.2) is 0 Å². The summed E-state index contributed by atoms with van der Waals surface area (Å²) < 4.78 is 5.79. The van der Waals surface area contributed by atoms with Crippen LogP contribution in [0.25, 0.3) is 0 Å². The Hall–Kier alpha value is -1.65. The van der Waals surface area contributed by atoms with Crippen molar-refractivity contribution in [3.05, 3.63) is 58.3 Å². The lowest BCUT2D eigenvalue weighted by molar-refractivity contribution is -0.138. The van der Waals surface area contributed by atoms with Crippen molar-refractivity contribution in [1.82, 2.24) is 4.90 Å². The molecule has 20 heavy (non-hydrogen) atoms. The van der Waals surface area contributed by atoms with Gasteiger partial charge in [-0.05, 0) is 28.0 Å². The number of carbonyl (C=O) groups excluding carboxylic acids is 1. The van der Waals surface area contributed by atoms with E-state index >= 15 is 0 Å². The van der Waals surface area contributed by atoms with E-state index in [0.29, 0.717) is 26.1 Å². The Labute approximate surface area is 122 Å². The fraction of sp³-hybridized carbons (Fsp3) is 0.312. The second kappa shape index (κ2) is 6.20. The summed E-state index contributed by atoms with van der Waals surface area (Å²) in [5.74, 6) is 0.188. The van der Waals surface area contributed by atoms with Gasteiger partial charge in [0.2, 0.25) is 5.91 Å². The number of thiophene rings is 1. The molecule has 104 valence electrons. The molecule has 0 spiro atoms. The van der Waals surface area contributed by atoms with Gasteiger partial charge in [0.15, 0.2) is 0 Å². The third-order valence-corrected chi connectivity index (χ3v) is 4.26. The number of rotatable bonds is 3. The van der Waals surface area contributed by atoms with Crippen molar-refractivity contribution in [2.45, 2.75) is 12.5 Å². The van der Waals surface area contributed by atoms with Gasteiger partial charge in [-0.2, -0.15) is 11.3 Å². The van der Waals surface area contributed by atoms with Crippen LogP contribution in [0.3, 0.4) is 0 Å². The number of benzene rings is 1. The number of ether oxygens (including phenoxy) is 1. The van der Waals surface area contributed by atoms with Crippen molar-refractivity contribution in [2.24, 2.45) is 0 Å². The number of hydrogen-bond donors (Lipinski definition) is 0. The van der Waals surface area contributed by atoms with E-state index < -0.39 is 0 Å². The second-order valence-corrected chi connectivity index (χ2v) is 5.70. The smallest absolute Gasteiger partial charge is 0.227 e. The molecule has 1 saturated heterocycles. The van der Waals surface area contributed by atoms with E-state index in [1.54, 1.807) is 11.3 Å². The summed E-state index contributed by atoms with van der Waals surface area (Å²) in [7, 11) is 0. The van der Waals surface area contributed by atoms with Crippen LogP contribution in [0.1, 0.15) is 17.2 Å². The van der Waals surface area contributed by atoms with Gasteiger partial charge in [0.1, 0.15) is 6.10 Å². The van der Waals surface area contributed by atoms with Crippen LogP contribution in [0, 0.1) is 0 Å². The average Bonchev–Trinajstić information content (AvgIpc) is 3.01. The van der Waals surface area contributed by atoms with Crippen LogP contribution in [-0.2, 0) is 16.0 Å². The predicted molar refractivity (Wildman–Crippen MR) is 79.7 cm³/mol. The zero-order valence-electron chi connectivity index (χ0n) is 11.2. The summed E-state index contributed by atoms with van der Waals surface area (Å²) in [4.78, 5) is 14.2. The van der Waals surface area contributed by atoms with Gasteiger partial charge in [-0.15, -0.1) is 0 Å². The minimum atomic E-state index is -0.00336. The molecule has 0 N–H and O–H groups in total. The monoisotopic (exact) mass is 287 g/mol. The summed E-state index contributed by atoms with van der Waals surface area (Å²) in [6.45, 7) is 1.94. The molecular formula is C16H17NO2S. The summed E-state index contributed by atoms with van der Waals surface area (Å²) in [5.41, 5.74) is 2.24. The molecular weight excluding hydrogens is 270 g/mol. The van der Waals surface area contributed by atoms with Gasteiger partial charge in [-0.3, -0.25) is 4.79 Å². The fourth-order valence-corrected chi connectivity index (χ4v) is 3.09. The number of carbonyl (C=O) groups is 1. The van der Waals surface area contributed by atoms with E-state index in [1.807, 2.05) is 39.9 Å². The van der Waals surface area contributed by atoms with Crippen LogP contribution in [0.4, 0.5) is 0 Å². The summed E-state index contributed by atoms with van der Waals surface area (Å²) in [5, 5.41) is 4.04. The van der Waals surface area contributed by atoms with E-state index in [9.17, 15) is 4.79 Å². The topological polar surface area (TPSA) is 29.5 Å². The van der Waals surface area contributed by atoms with Gasteiger partial charge in [0, 0.05) is 6.54 Å². The van der Waals surface area contributed by atoms with Crippen molar-refractivity contribution < 1.29 is 9.53 Å². The number of hydrogen-bond acceptors (Lipinski definition) is 3. The first kappa shape index (κ1) is 13.3. The fourth-order valence-electron chi connectivity index (χ4n) is 2.42. The average molecular weight is 287 g/mol. The highest BCUT2D eigenvalue weighted by molar-refractivity contribution is 7.07. The first-order valence-electron chi connectivity index (χ1n) is 6.78. The third-order valence-electron chi connectivity index (χ3n) is 3.53. The van der Waals surface area contributed by atoms with Gasteiger partial charge < -0.3 is 9.64 Å². The molecule has 1 aliphatic heterocycles. The Bertz CT molecular complexity index is 553. The zero-order chi connectivity index (χ0) is 13.8. The lowest BCUT2D eigenvalue weighted by atomic mass is 10.1. The molecule has 1 unspecified atom stereocenters. The molecule has 3 nitrogen and oxygen atoms in total. The first-order chi connectivity index (χ1) is 9.83. The molecule has 2 aromatic rings. The molecule has 0 radical (unpaired) electrons. The quantitative estimate of drug-likeness (QED) is 0.868. The summed E-state index contributed by atoms with van der Waals surface area (Å²) in [6, 6.07) is 12.1. The van der Waals surface area contributed by atoms with E-state index in [2.05, 4.69) is 12.1 Å². The van der Waals surface area contributed by atoms with E-state index in [4.69, 9.17) is 4.74 Å². The molecule has 0 aliphatic carbocycles. The van der Waals surface area contributed by atoms with E-state index in [-0.39, 0.29) is 12.0 Å². The zero-order valence-corrected chi connectivity index (χ0v) is 12.0. The normalized spacial score (nSPS) is 19.0. The maximum absolute atomic E-state index is 12.3. The van der Waals surface area contributed by atoms with Gasteiger partial charge >= 0.3 is 0 Å². The molecule has 0 bridgehead atoms. The largest absolute Gasteiger partial charge is 0.370 e. The van der Waals surface area contributed by atoms with Crippen LogP contribution in [0.15, 0.2) is 47.2 Å². The SMILES string of the molecule is O=C(Cc1ccsc1)N1CCOC(c2ccccc2)C1. The van der Waals surface area contributed by atoms with Crippen molar-refractivity contribution in [3.63, 3.8) is 0 Å². The van der Waals surface area contributed by atoms with Gasteiger partial charge in [-0.1, -0.05) is 30.3 Å². The Kier molecular flexibility index (Phi) is 4.14. The lowest BCUT2D eigenvalue weighted by Crippen LogP contribution is -2.42. The summed E-state index contributed by atoms with van der Waals surface area (Å²) >= 11 is 1.63. The molecule has 1 aromatic heterocycles. The molecule has 4 heteroatoms. The third kappa shape index (κ3) is 3.08. The van der Waals surface area contributed by atoms with Gasteiger partial charge in [0.25, 0.3) is 0 Å². The number of nitrogens with zero attached hydrogens (tertiary/aromatic N) is 1. The molecule has 1 atom stereocenters. The Morgan fingerprint density at radius 3 is 2.90 bits per heavy atom. The maximum atomic E-state index is 12.3. The van der Waals surface area contributed by atoms with Crippen LogP contribution < -0.4 is 0 Å². The Morgan fingerprint density at radius 1 is 1.30 bits per heavy atom. The second-order valence-electron chi connectivity index (χ2n) is 4.92. The highest BCUT2D eigenvalue weighted by Gasteiger charge is 2.25. The van der Waals surface area contributed by atoms with Crippen molar-refractivity contribution in [2.75, 3.05) is 19.7 Å². The molecule has 1 fully saturated rings. The lowest BCUT2D eigenvalue weighted by Gasteiger charge is -2.33. The highest BCUT2D eigenvalue weighted by Crippen LogP contribution is 2.22. The Morgan fingerprint density at radius 2 is 2.15 bits per heavy atom. The first-order valence-corrected chi connectivity index (χ1v) is 7.72. The molecule has 1 aliphatic rings. The molecule has 3 rings (SSSR count). The van der Waals surface area contributed by atoms with Crippen LogP contribution in [0.5, 0.6) is 0 Å². The van der Waals surface area contributed by atoms with Crippen LogP contribution >= 0.6 is 11.3 Å². The van der Waals surface area contributed by atoms with Crippen molar-refractivity contribution in [1.29, 1.82) is 0 Å². The van der Waals surface area contributed by atoms with Crippen molar-refractivity contribution in [3.8, 4) is 0 Å².